The van der Waals surface area contributed by atoms with Crippen LogP contribution < -0.4 is 0 Å². The molecule has 0 aromatic heterocycles. The van der Waals surface area contributed by atoms with Gasteiger partial charge in [0, 0.05) is 19.3 Å². The van der Waals surface area contributed by atoms with Crippen molar-refractivity contribution in [2.24, 2.45) is 0 Å². The summed E-state index contributed by atoms with van der Waals surface area (Å²) in [5.41, 5.74) is 0. The van der Waals surface area contributed by atoms with Crippen molar-refractivity contribution in [3.63, 3.8) is 0 Å². The average Bonchev–Trinajstić information content (AvgIpc) is 3.46. The van der Waals surface area contributed by atoms with Gasteiger partial charge >= 0.3 is 17.9 Å². The average molecular weight is 1110 g/mol. The van der Waals surface area contributed by atoms with Gasteiger partial charge in [-0.25, -0.2) is 0 Å². The molecule has 1 unspecified atom stereocenters. The third-order valence-electron chi connectivity index (χ3n) is 13.5. The molecule has 452 valence electrons. The van der Waals surface area contributed by atoms with Crippen molar-refractivity contribution in [1.82, 2.24) is 0 Å². The number of esters is 3. The highest BCUT2D eigenvalue weighted by atomic mass is 16.6. The van der Waals surface area contributed by atoms with Crippen LogP contribution in [-0.2, 0) is 28.6 Å². The van der Waals surface area contributed by atoms with Crippen molar-refractivity contribution in [2.75, 3.05) is 13.2 Å². The molecule has 6 nitrogen and oxygen atoms in total. The summed E-state index contributed by atoms with van der Waals surface area (Å²) in [4.78, 5) is 38.3. The monoisotopic (exact) mass is 1100 g/mol. The molecule has 0 aromatic rings. The fraction of sp³-hybridized carbons (Fsp3) is 0.635. The van der Waals surface area contributed by atoms with Crippen molar-refractivity contribution < 1.29 is 28.6 Å². The summed E-state index contributed by atoms with van der Waals surface area (Å²) in [6.45, 7) is 6.45. The highest BCUT2D eigenvalue weighted by Crippen LogP contribution is 2.14. The molecule has 80 heavy (non-hydrogen) atoms. The van der Waals surface area contributed by atoms with Gasteiger partial charge in [0.25, 0.3) is 0 Å². The Morgan fingerprint density at radius 1 is 0.263 bits per heavy atom. The molecule has 0 aromatic carbocycles. The first-order valence-electron chi connectivity index (χ1n) is 32.8. The minimum Gasteiger partial charge on any atom is -0.462 e. The number of hydrogen-bond donors (Lipinski definition) is 0. The van der Waals surface area contributed by atoms with Crippen molar-refractivity contribution in [3.05, 3.63) is 146 Å². The molecular weight excluding hydrogens is 985 g/mol. The van der Waals surface area contributed by atoms with E-state index in [0.717, 1.165) is 161 Å². The number of allylic oxidation sites excluding steroid dienone is 24. The summed E-state index contributed by atoms with van der Waals surface area (Å²) in [5.74, 6) is -0.947. The first-order valence-corrected chi connectivity index (χ1v) is 32.8. The molecule has 1 atom stereocenters. The van der Waals surface area contributed by atoms with E-state index in [1.807, 2.05) is 0 Å². The fourth-order valence-corrected chi connectivity index (χ4v) is 8.64. The van der Waals surface area contributed by atoms with Crippen LogP contribution in [0.5, 0.6) is 0 Å². The number of hydrogen-bond acceptors (Lipinski definition) is 6. The van der Waals surface area contributed by atoms with Crippen LogP contribution in [0.15, 0.2) is 146 Å². The van der Waals surface area contributed by atoms with E-state index in [-0.39, 0.29) is 31.1 Å². The maximum Gasteiger partial charge on any atom is 0.306 e. The zero-order valence-corrected chi connectivity index (χ0v) is 51.8. The van der Waals surface area contributed by atoms with Gasteiger partial charge in [-0.1, -0.05) is 263 Å². The van der Waals surface area contributed by atoms with Crippen LogP contribution in [0.3, 0.4) is 0 Å². The van der Waals surface area contributed by atoms with Crippen LogP contribution in [0.25, 0.3) is 0 Å². The standard InChI is InChI=1S/C74H120O6/c1-4-7-10-13-16-19-22-25-28-30-32-33-34-35-36-37-38-39-40-41-42-44-46-49-52-55-58-61-64-67-73(76)79-70-71(69-78-72(75)66-63-60-57-54-51-48-45-27-24-21-18-15-12-9-6-3)80-74(77)68-65-62-59-56-53-50-47-43-31-29-26-23-20-17-14-11-8-5-2/h7,10,16,18-21,23,25,27-29,31-33,35-36,38-39,41-42,45-46,49,71H,4-6,8-9,11-15,17,22,24,26,30,34,37,40,43-44,47-48,50-70H2,1-3H3/b10-7-,19-16-,21-18-,23-20-,28-25-,31-29-,33-32-,36-35-,39-38-,42-41-,45-27-,49-46-. The molecule has 0 N–H and O–H groups in total. The Kier molecular flexibility index (Phi) is 62.9. The number of carbonyl (C=O) groups excluding carboxylic acids is 3. The molecule has 0 saturated carbocycles. The molecule has 0 aliphatic carbocycles. The highest BCUT2D eigenvalue weighted by Gasteiger charge is 2.19. The Bertz CT molecular complexity index is 1750. The van der Waals surface area contributed by atoms with Gasteiger partial charge in [0.15, 0.2) is 6.10 Å². The van der Waals surface area contributed by atoms with Gasteiger partial charge in [-0.3, -0.25) is 14.4 Å². The molecule has 6 heteroatoms. The molecule has 0 aliphatic rings. The Morgan fingerprint density at radius 3 is 0.787 bits per heavy atom. The lowest BCUT2D eigenvalue weighted by Crippen LogP contribution is -2.30. The molecule has 0 amide bonds. The Morgan fingerprint density at radius 2 is 0.487 bits per heavy atom. The number of unbranched alkanes of at least 4 members (excludes halogenated alkanes) is 23. The molecule has 0 fully saturated rings. The van der Waals surface area contributed by atoms with E-state index in [9.17, 15) is 14.4 Å². The minimum atomic E-state index is -0.807. The van der Waals surface area contributed by atoms with Crippen LogP contribution in [0.1, 0.15) is 284 Å². The quantitative estimate of drug-likeness (QED) is 0.0261. The predicted molar refractivity (Wildman–Crippen MR) is 348 cm³/mol. The van der Waals surface area contributed by atoms with E-state index >= 15 is 0 Å². The van der Waals surface area contributed by atoms with Gasteiger partial charge in [-0.05, 0) is 148 Å². The van der Waals surface area contributed by atoms with Crippen molar-refractivity contribution in [2.45, 2.75) is 290 Å². The van der Waals surface area contributed by atoms with Crippen LogP contribution in [-0.4, -0.2) is 37.2 Å². The summed E-state index contributed by atoms with van der Waals surface area (Å²) in [6, 6.07) is 0. The molecular formula is C74H120O6. The maximum absolute atomic E-state index is 12.9. The van der Waals surface area contributed by atoms with Crippen molar-refractivity contribution in [1.29, 1.82) is 0 Å². The van der Waals surface area contributed by atoms with Gasteiger partial charge in [0.05, 0.1) is 0 Å². The first kappa shape index (κ1) is 75.3. The van der Waals surface area contributed by atoms with Crippen LogP contribution >= 0.6 is 0 Å². The van der Waals surface area contributed by atoms with Crippen LogP contribution in [0, 0.1) is 0 Å². The van der Waals surface area contributed by atoms with Crippen molar-refractivity contribution >= 4 is 17.9 Å². The normalized spacial score (nSPS) is 13.1. The van der Waals surface area contributed by atoms with E-state index in [0.29, 0.717) is 19.3 Å². The predicted octanol–water partition coefficient (Wildman–Crippen LogP) is 22.7. The summed E-state index contributed by atoms with van der Waals surface area (Å²) in [5, 5.41) is 0. The van der Waals surface area contributed by atoms with Gasteiger partial charge in [0.1, 0.15) is 13.2 Å². The third kappa shape index (κ3) is 64.1. The lowest BCUT2D eigenvalue weighted by Gasteiger charge is -2.18. The van der Waals surface area contributed by atoms with Gasteiger partial charge in [0.2, 0.25) is 0 Å². The SMILES string of the molecule is CC/C=C\C/C=C\C/C=C\C/C=C\C/C=C\C/C=C\C/C=C\C/C=C\CCCCCCC(=O)OCC(COC(=O)CCCCCCC/C=C\C/C=C\CCCCC)OC(=O)CCCCCCCCC/C=C\C/C=C\CCCCCC. The van der Waals surface area contributed by atoms with Crippen molar-refractivity contribution in [3.8, 4) is 0 Å². The molecule has 0 aliphatic heterocycles. The van der Waals surface area contributed by atoms with Crippen LogP contribution in [0.4, 0.5) is 0 Å². The maximum atomic E-state index is 12.9. The minimum absolute atomic E-state index is 0.101. The second kappa shape index (κ2) is 66.8. The Hall–Kier alpha value is -4.71. The largest absolute Gasteiger partial charge is 0.462 e. The summed E-state index contributed by atoms with van der Waals surface area (Å²) in [6.07, 6.45) is 95.6. The highest BCUT2D eigenvalue weighted by molar-refractivity contribution is 5.71. The third-order valence-corrected chi connectivity index (χ3v) is 13.5. The first-order chi connectivity index (χ1) is 39.5. The smallest absolute Gasteiger partial charge is 0.306 e. The molecule has 0 heterocycles. The van der Waals surface area contributed by atoms with Gasteiger partial charge < -0.3 is 14.2 Å². The number of rotatable bonds is 58. The number of carbonyl (C=O) groups is 3. The molecule has 0 rings (SSSR count). The lowest BCUT2D eigenvalue weighted by atomic mass is 10.1. The molecule has 0 spiro atoms. The summed E-state index contributed by atoms with van der Waals surface area (Å²) >= 11 is 0. The summed E-state index contributed by atoms with van der Waals surface area (Å²) < 4.78 is 16.9. The molecule has 0 saturated heterocycles. The fourth-order valence-electron chi connectivity index (χ4n) is 8.64. The van der Waals surface area contributed by atoms with E-state index in [1.54, 1.807) is 0 Å². The molecule has 0 radical (unpaired) electrons. The van der Waals surface area contributed by atoms with E-state index < -0.39 is 6.10 Å². The van der Waals surface area contributed by atoms with E-state index in [4.69, 9.17) is 14.2 Å². The zero-order valence-electron chi connectivity index (χ0n) is 51.8. The lowest BCUT2D eigenvalue weighted by molar-refractivity contribution is -0.167. The molecule has 0 bridgehead atoms. The van der Waals surface area contributed by atoms with E-state index in [2.05, 4.69) is 167 Å². The van der Waals surface area contributed by atoms with Crippen LogP contribution in [0.2, 0.25) is 0 Å². The van der Waals surface area contributed by atoms with Gasteiger partial charge in [-0.2, -0.15) is 0 Å². The number of ether oxygens (including phenoxy) is 3. The summed E-state index contributed by atoms with van der Waals surface area (Å²) in [7, 11) is 0. The van der Waals surface area contributed by atoms with E-state index in [1.165, 1.54) is 83.5 Å². The topological polar surface area (TPSA) is 78.9 Å². The second-order valence-electron chi connectivity index (χ2n) is 21.3. The van der Waals surface area contributed by atoms with Gasteiger partial charge in [-0.15, -0.1) is 0 Å². The Labute approximate surface area is 493 Å². The zero-order chi connectivity index (χ0) is 57.8. The Balaban J connectivity index is 4.44. The second-order valence-corrected chi connectivity index (χ2v) is 21.3.